The van der Waals surface area contributed by atoms with Gasteiger partial charge in [0, 0.05) is 43.0 Å². The Morgan fingerprint density at radius 2 is 1.64 bits per heavy atom. The average molecular weight is 598 g/mol. The number of benzene rings is 3. The molecule has 3 atom stereocenters. The summed E-state index contributed by atoms with van der Waals surface area (Å²) in [7, 11) is 0. The Morgan fingerprint density at radius 1 is 0.955 bits per heavy atom. The molecule has 3 aliphatic rings. The van der Waals surface area contributed by atoms with Gasteiger partial charge in [0.1, 0.15) is 0 Å². The molecule has 0 saturated carbocycles. The van der Waals surface area contributed by atoms with Crippen LogP contribution in [-0.4, -0.2) is 54.9 Å². The number of hydrogen-bond acceptors (Lipinski definition) is 6. The van der Waals surface area contributed by atoms with E-state index in [1.54, 1.807) is 0 Å². The van der Waals surface area contributed by atoms with Crippen molar-refractivity contribution >= 4 is 23.3 Å². The van der Waals surface area contributed by atoms with Gasteiger partial charge < -0.3 is 24.8 Å². The molecule has 1 amide bonds. The third-order valence-electron chi connectivity index (χ3n) is 9.64. The van der Waals surface area contributed by atoms with Crippen LogP contribution in [0.15, 0.2) is 48.5 Å². The van der Waals surface area contributed by atoms with Gasteiger partial charge >= 0.3 is 5.97 Å². The number of aliphatic carboxylic acids is 1. The first kappa shape index (κ1) is 30.0. The van der Waals surface area contributed by atoms with Crippen LogP contribution >= 0.6 is 0 Å². The fourth-order valence-electron chi connectivity index (χ4n) is 7.52. The van der Waals surface area contributed by atoms with Crippen molar-refractivity contribution in [2.24, 2.45) is 5.92 Å². The molecule has 2 N–H and O–H groups in total. The summed E-state index contributed by atoms with van der Waals surface area (Å²) in [6.45, 7) is 11.0. The summed E-state index contributed by atoms with van der Waals surface area (Å²) in [5.74, 6) is -0.746. The molecule has 3 aliphatic heterocycles. The Labute approximate surface area is 260 Å². The zero-order chi connectivity index (χ0) is 31.0. The number of likely N-dealkylation sites (tertiary alicyclic amines) is 1. The lowest BCUT2D eigenvalue weighted by Gasteiger charge is -2.28. The molecule has 44 heavy (non-hydrogen) atoms. The van der Waals surface area contributed by atoms with Gasteiger partial charge in [-0.15, -0.1) is 0 Å². The van der Waals surface area contributed by atoms with Crippen LogP contribution in [-0.2, 0) is 22.4 Å². The van der Waals surface area contributed by atoms with Gasteiger partial charge in [0.2, 0.25) is 12.7 Å². The lowest BCUT2D eigenvalue weighted by Crippen LogP contribution is -2.35. The molecular weight excluding hydrogens is 554 g/mol. The molecule has 232 valence electrons. The van der Waals surface area contributed by atoms with Gasteiger partial charge in [-0.05, 0) is 85.5 Å². The van der Waals surface area contributed by atoms with E-state index in [1.165, 1.54) is 18.4 Å². The number of carboxylic acids is 1. The fraction of sp³-hybridized carbons (Fsp3) is 0.444. The normalized spacial score (nSPS) is 21.2. The van der Waals surface area contributed by atoms with Crippen molar-refractivity contribution in [1.29, 1.82) is 0 Å². The number of carboxylic acid groups (broad SMARTS) is 1. The summed E-state index contributed by atoms with van der Waals surface area (Å²) in [4.78, 5) is 31.3. The minimum absolute atomic E-state index is 0.0859. The number of amides is 1. The molecule has 0 radical (unpaired) electrons. The molecule has 3 aromatic carbocycles. The Bertz CT molecular complexity index is 1520. The largest absolute Gasteiger partial charge is 0.481 e. The zero-order valence-electron chi connectivity index (χ0n) is 26.2. The Balaban J connectivity index is 1.35. The van der Waals surface area contributed by atoms with Crippen molar-refractivity contribution in [3.8, 4) is 11.5 Å². The third kappa shape index (κ3) is 5.63. The molecule has 6 rings (SSSR count). The maximum absolute atomic E-state index is 13.8. The Kier molecular flexibility index (Phi) is 8.54. The summed E-state index contributed by atoms with van der Waals surface area (Å²) < 4.78 is 11.3. The molecule has 0 aromatic heterocycles. The van der Waals surface area contributed by atoms with E-state index in [0.717, 1.165) is 65.1 Å². The highest BCUT2D eigenvalue weighted by atomic mass is 16.7. The monoisotopic (exact) mass is 597 g/mol. The van der Waals surface area contributed by atoms with Gasteiger partial charge in [-0.1, -0.05) is 49.7 Å². The number of carbonyl (C=O) groups excluding carboxylic acids is 1. The van der Waals surface area contributed by atoms with Gasteiger partial charge in [-0.3, -0.25) is 14.5 Å². The lowest BCUT2D eigenvalue weighted by atomic mass is 9.81. The third-order valence-corrected chi connectivity index (χ3v) is 9.64. The van der Waals surface area contributed by atoms with Crippen LogP contribution < -0.4 is 19.7 Å². The molecule has 0 aliphatic carbocycles. The fourth-order valence-corrected chi connectivity index (χ4v) is 7.52. The van der Waals surface area contributed by atoms with E-state index in [9.17, 15) is 14.7 Å². The molecule has 2 fully saturated rings. The van der Waals surface area contributed by atoms with Crippen molar-refractivity contribution in [1.82, 2.24) is 4.90 Å². The van der Waals surface area contributed by atoms with E-state index in [-0.39, 0.29) is 25.2 Å². The van der Waals surface area contributed by atoms with Gasteiger partial charge in [0.05, 0.1) is 12.5 Å². The van der Waals surface area contributed by atoms with Crippen LogP contribution in [0.4, 0.5) is 11.4 Å². The van der Waals surface area contributed by atoms with Crippen LogP contribution in [0, 0.1) is 19.8 Å². The highest BCUT2D eigenvalue weighted by Gasteiger charge is 2.48. The first-order chi connectivity index (χ1) is 21.3. The summed E-state index contributed by atoms with van der Waals surface area (Å²) >= 11 is 0. The SMILES string of the molecule is CCc1cc(C)cc(CC)c1NC(=O)CN1C[C@H](c2ccc3c(c2C)OCO3)C(C(=O)O)[C@@H]1c1ccc(N2CCCC2)cc1. The second-order valence-corrected chi connectivity index (χ2v) is 12.4. The molecule has 1 unspecified atom stereocenters. The number of anilines is 2. The quantitative estimate of drug-likeness (QED) is 0.302. The van der Waals surface area contributed by atoms with Gasteiger partial charge in [-0.25, -0.2) is 0 Å². The van der Waals surface area contributed by atoms with Crippen molar-refractivity contribution < 1.29 is 24.2 Å². The Hall–Kier alpha value is -4.04. The average Bonchev–Trinajstić information content (AvgIpc) is 3.79. The molecule has 8 nitrogen and oxygen atoms in total. The standard InChI is InChI=1S/C36H43N3O5/c1-5-24-17-22(3)18-25(6-2)33(24)37-31(40)20-39-19-29(28-13-14-30-35(23(28)4)44-21-43-30)32(36(41)42)34(39)26-9-11-27(12-10-26)38-15-7-8-16-38/h9-14,17-18,29,32,34H,5-8,15-16,19-21H2,1-4H3,(H,37,40)(H,41,42)/t29-,32?,34+/m1/s1. The Morgan fingerprint density at radius 3 is 2.27 bits per heavy atom. The van der Waals surface area contributed by atoms with Crippen molar-refractivity contribution in [2.45, 2.75) is 65.3 Å². The smallest absolute Gasteiger partial charge is 0.309 e. The highest BCUT2D eigenvalue weighted by molar-refractivity contribution is 5.94. The second kappa shape index (κ2) is 12.5. The number of nitrogens with zero attached hydrogens (tertiary/aromatic N) is 2. The first-order valence-corrected chi connectivity index (χ1v) is 15.9. The number of rotatable bonds is 9. The van der Waals surface area contributed by atoms with Crippen LogP contribution in [0.3, 0.4) is 0 Å². The highest BCUT2D eigenvalue weighted by Crippen LogP contribution is 2.49. The number of carbonyl (C=O) groups is 2. The molecule has 8 heteroatoms. The minimum Gasteiger partial charge on any atom is -0.481 e. The number of aryl methyl sites for hydroxylation is 3. The number of nitrogens with one attached hydrogen (secondary N) is 1. The lowest BCUT2D eigenvalue weighted by molar-refractivity contribution is -0.143. The van der Waals surface area contributed by atoms with E-state index >= 15 is 0 Å². The van der Waals surface area contributed by atoms with E-state index in [4.69, 9.17) is 9.47 Å². The van der Waals surface area contributed by atoms with Crippen molar-refractivity contribution in [2.75, 3.05) is 43.2 Å². The minimum atomic E-state index is -0.872. The van der Waals surface area contributed by atoms with E-state index in [1.807, 2.05) is 19.1 Å². The van der Waals surface area contributed by atoms with E-state index in [0.29, 0.717) is 18.0 Å². The summed E-state index contributed by atoms with van der Waals surface area (Å²) in [5, 5.41) is 14.0. The second-order valence-electron chi connectivity index (χ2n) is 12.4. The number of hydrogen-bond donors (Lipinski definition) is 2. The molecular formula is C36H43N3O5. The van der Waals surface area contributed by atoms with Gasteiger partial charge in [0.25, 0.3) is 0 Å². The molecule has 0 bridgehead atoms. The van der Waals surface area contributed by atoms with Crippen molar-refractivity contribution in [3.05, 3.63) is 81.9 Å². The number of ether oxygens (including phenoxy) is 2. The summed E-state index contributed by atoms with van der Waals surface area (Å²) in [6, 6.07) is 15.9. The van der Waals surface area contributed by atoms with Crippen LogP contribution in [0.25, 0.3) is 0 Å². The molecule has 2 saturated heterocycles. The van der Waals surface area contributed by atoms with Crippen molar-refractivity contribution in [3.63, 3.8) is 0 Å². The maximum atomic E-state index is 13.8. The maximum Gasteiger partial charge on any atom is 0.309 e. The number of fused-ring (bicyclic) bond motifs is 1. The van der Waals surface area contributed by atoms with Crippen LogP contribution in [0.5, 0.6) is 11.5 Å². The zero-order valence-corrected chi connectivity index (χ0v) is 26.2. The first-order valence-electron chi connectivity index (χ1n) is 15.9. The van der Waals surface area contributed by atoms with Crippen LogP contribution in [0.1, 0.15) is 72.0 Å². The van der Waals surface area contributed by atoms with Gasteiger partial charge in [-0.2, -0.15) is 0 Å². The molecule has 3 heterocycles. The van der Waals surface area contributed by atoms with Crippen LogP contribution in [0.2, 0.25) is 0 Å². The van der Waals surface area contributed by atoms with E-state index in [2.05, 4.69) is 72.3 Å². The molecule has 3 aromatic rings. The topological polar surface area (TPSA) is 91.3 Å². The van der Waals surface area contributed by atoms with E-state index < -0.39 is 17.9 Å². The summed E-state index contributed by atoms with van der Waals surface area (Å²) in [6.07, 6.45) is 4.00. The predicted molar refractivity (Wildman–Crippen MR) is 172 cm³/mol. The van der Waals surface area contributed by atoms with Gasteiger partial charge in [0.15, 0.2) is 11.5 Å². The summed E-state index contributed by atoms with van der Waals surface area (Å²) in [5.41, 5.74) is 8.17. The molecule has 0 spiro atoms. The predicted octanol–water partition coefficient (Wildman–Crippen LogP) is 6.24.